The van der Waals surface area contributed by atoms with E-state index in [9.17, 15) is 16.8 Å². The number of hydrogen-bond donors (Lipinski definition) is 1. The van der Waals surface area contributed by atoms with Crippen LogP contribution in [0, 0.1) is 0 Å². The number of sulfonamides is 1. The van der Waals surface area contributed by atoms with E-state index >= 15 is 0 Å². The van der Waals surface area contributed by atoms with E-state index in [0.717, 1.165) is 6.20 Å². The summed E-state index contributed by atoms with van der Waals surface area (Å²) in [5.41, 5.74) is 0. The van der Waals surface area contributed by atoms with E-state index in [4.69, 9.17) is 11.6 Å². The van der Waals surface area contributed by atoms with Gasteiger partial charge in [-0.25, -0.2) is 21.6 Å². The molecule has 0 bridgehead atoms. The van der Waals surface area contributed by atoms with Gasteiger partial charge in [0.15, 0.2) is 9.84 Å². The summed E-state index contributed by atoms with van der Waals surface area (Å²) in [7, 11) is -7.01. The fourth-order valence-electron chi connectivity index (χ4n) is 1.93. The van der Waals surface area contributed by atoms with E-state index in [0.29, 0.717) is 12.8 Å². The second-order valence-electron chi connectivity index (χ2n) is 4.29. The van der Waals surface area contributed by atoms with Crippen LogP contribution >= 0.6 is 11.6 Å². The Labute approximate surface area is 117 Å². The number of rotatable bonds is 4. The first-order valence-corrected chi connectivity index (χ1v) is 9.21. The molecule has 0 radical (unpaired) electrons. The summed E-state index contributed by atoms with van der Waals surface area (Å²) in [5, 5.41) is -0.602. The Bertz CT molecular complexity index is 673. The van der Waals surface area contributed by atoms with Gasteiger partial charge in [-0.2, -0.15) is 0 Å². The molecule has 1 saturated heterocycles. The van der Waals surface area contributed by atoms with Crippen molar-refractivity contribution < 1.29 is 16.8 Å². The molecule has 0 aliphatic carbocycles. The molecule has 1 aliphatic rings. The van der Waals surface area contributed by atoms with Crippen molar-refractivity contribution in [1.82, 2.24) is 9.71 Å². The van der Waals surface area contributed by atoms with Crippen molar-refractivity contribution in [3.63, 3.8) is 0 Å². The molecule has 1 N–H and O–H groups in total. The van der Waals surface area contributed by atoms with Gasteiger partial charge >= 0.3 is 0 Å². The van der Waals surface area contributed by atoms with Crippen LogP contribution in [0.4, 0.5) is 0 Å². The second kappa shape index (κ2) is 5.35. The number of nitrogens with zero attached hydrogens (tertiary/aromatic N) is 1. The van der Waals surface area contributed by atoms with Gasteiger partial charge in [-0.05, 0) is 18.9 Å². The van der Waals surface area contributed by atoms with E-state index in [-0.39, 0.29) is 22.2 Å². The molecular formula is C10H13ClN2O4S2. The summed E-state index contributed by atoms with van der Waals surface area (Å²) in [4.78, 5) is 3.55. The molecule has 1 unspecified atom stereocenters. The summed E-state index contributed by atoms with van der Waals surface area (Å²) in [6, 6.07) is 1.36. The maximum Gasteiger partial charge on any atom is 0.243 e. The predicted molar refractivity (Wildman–Crippen MR) is 71.2 cm³/mol. The number of hydrogen-bond acceptors (Lipinski definition) is 5. The van der Waals surface area contributed by atoms with Crippen LogP contribution in [0.1, 0.15) is 12.8 Å². The lowest BCUT2D eigenvalue weighted by Crippen LogP contribution is -2.34. The maximum atomic E-state index is 12.0. The fourth-order valence-corrected chi connectivity index (χ4v) is 5.31. The Balaban J connectivity index is 2.13. The third kappa shape index (κ3) is 3.25. The molecule has 2 rings (SSSR count). The molecule has 0 amide bonds. The minimum Gasteiger partial charge on any atom is -0.263 e. The molecular weight excluding hydrogens is 312 g/mol. The van der Waals surface area contributed by atoms with Crippen LogP contribution in [-0.2, 0) is 19.9 Å². The first-order valence-electron chi connectivity index (χ1n) is 5.64. The largest absolute Gasteiger partial charge is 0.263 e. The zero-order valence-electron chi connectivity index (χ0n) is 9.91. The molecule has 1 atom stereocenters. The first-order chi connectivity index (χ1) is 8.83. The lowest BCUT2D eigenvalue weighted by molar-refractivity contribution is 0.570. The van der Waals surface area contributed by atoms with Crippen LogP contribution in [0.5, 0.6) is 0 Å². The van der Waals surface area contributed by atoms with Crippen molar-refractivity contribution in [3.8, 4) is 0 Å². The lowest BCUT2D eigenvalue weighted by Gasteiger charge is -2.11. The maximum absolute atomic E-state index is 12.0. The minimum atomic E-state index is -3.84. The molecule has 1 aliphatic heterocycles. The average molecular weight is 325 g/mol. The van der Waals surface area contributed by atoms with Gasteiger partial charge in [0.1, 0.15) is 4.90 Å². The Morgan fingerprint density at radius 2 is 2.21 bits per heavy atom. The normalized spacial score (nSPS) is 22.5. The fraction of sp³-hybridized carbons (Fsp3) is 0.500. The van der Waals surface area contributed by atoms with Crippen molar-refractivity contribution in [3.05, 3.63) is 23.5 Å². The molecule has 1 aromatic heterocycles. The molecule has 1 fully saturated rings. The summed E-state index contributed by atoms with van der Waals surface area (Å²) >= 11 is 5.78. The standard InChI is InChI=1S/C10H13ClN2O4S2/c11-9-3-4-12-7-10(9)19(16,17)13-6-8-2-1-5-18(8,14)15/h3-4,7-8,13H,1-2,5-6H2. The third-order valence-electron chi connectivity index (χ3n) is 2.99. The summed E-state index contributed by atoms with van der Waals surface area (Å²) < 4.78 is 49.5. The van der Waals surface area contributed by atoms with Crippen molar-refractivity contribution in [2.24, 2.45) is 0 Å². The SMILES string of the molecule is O=S(=O)(NCC1CCCS1(=O)=O)c1cnccc1Cl. The van der Waals surface area contributed by atoms with Crippen LogP contribution in [-0.4, -0.2) is 39.4 Å². The average Bonchev–Trinajstić information content (AvgIpc) is 2.66. The molecule has 19 heavy (non-hydrogen) atoms. The first kappa shape index (κ1) is 14.7. The van der Waals surface area contributed by atoms with Crippen molar-refractivity contribution >= 4 is 31.5 Å². The highest BCUT2D eigenvalue weighted by molar-refractivity contribution is 7.92. The highest BCUT2D eigenvalue weighted by Crippen LogP contribution is 2.22. The number of sulfone groups is 1. The number of halogens is 1. The van der Waals surface area contributed by atoms with Gasteiger partial charge in [0.2, 0.25) is 10.0 Å². The summed E-state index contributed by atoms with van der Waals surface area (Å²) in [6.07, 6.45) is 3.56. The Kier molecular flexibility index (Phi) is 4.14. The number of aromatic nitrogens is 1. The van der Waals surface area contributed by atoms with Gasteiger partial charge in [0, 0.05) is 18.9 Å². The summed E-state index contributed by atoms with van der Waals surface area (Å²) in [6.45, 7) is -0.129. The van der Waals surface area contributed by atoms with Crippen molar-refractivity contribution in [1.29, 1.82) is 0 Å². The summed E-state index contributed by atoms with van der Waals surface area (Å²) in [5.74, 6) is 0.118. The molecule has 9 heteroatoms. The van der Waals surface area contributed by atoms with Gasteiger partial charge in [0.05, 0.1) is 16.0 Å². The third-order valence-corrected chi connectivity index (χ3v) is 7.16. The van der Waals surface area contributed by atoms with Gasteiger partial charge in [-0.15, -0.1) is 0 Å². The highest BCUT2D eigenvalue weighted by atomic mass is 35.5. The molecule has 0 saturated carbocycles. The smallest absolute Gasteiger partial charge is 0.243 e. The molecule has 2 heterocycles. The van der Waals surface area contributed by atoms with Crippen LogP contribution in [0.15, 0.2) is 23.4 Å². The predicted octanol–water partition coefficient (Wildman–Crippen LogP) is 0.591. The molecule has 0 spiro atoms. The van der Waals surface area contributed by atoms with Crippen molar-refractivity contribution in [2.45, 2.75) is 23.0 Å². The Morgan fingerprint density at radius 3 is 2.79 bits per heavy atom. The number of pyridine rings is 1. The zero-order valence-corrected chi connectivity index (χ0v) is 12.3. The van der Waals surface area contributed by atoms with Crippen LogP contribution in [0.25, 0.3) is 0 Å². The topological polar surface area (TPSA) is 93.2 Å². The molecule has 6 nitrogen and oxygen atoms in total. The molecule has 106 valence electrons. The van der Waals surface area contributed by atoms with E-state index in [2.05, 4.69) is 9.71 Å². The van der Waals surface area contributed by atoms with E-state index in [1.54, 1.807) is 0 Å². The van der Waals surface area contributed by atoms with E-state index < -0.39 is 25.1 Å². The van der Waals surface area contributed by atoms with Crippen LogP contribution in [0.2, 0.25) is 5.02 Å². The molecule has 0 aromatic carbocycles. The molecule has 1 aromatic rings. The van der Waals surface area contributed by atoms with Crippen molar-refractivity contribution in [2.75, 3.05) is 12.3 Å². The van der Waals surface area contributed by atoms with Gasteiger partial charge in [-0.1, -0.05) is 11.6 Å². The second-order valence-corrected chi connectivity index (χ2v) is 8.83. The Hall–Kier alpha value is -0.700. The van der Waals surface area contributed by atoms with Gasteiger partial charge in [-0.3, -0.25) is 4.98 Å². The van der Waals surface area contributed by atoms with Gasteiger partial charge in [0.25, 0.3) is 0 Å². The van der Waals surface area contributed by atoms with E-state index in [1.807, 2.05) is 0 Å². The van der Waals surface area contributed by atoms with Crippen LogP contribution in [0.3, 0.4) is 0 Å². The van der Waals surface area contributed by atoms with Crippen LogP contribution < -0.4 is 4.72 Å². The van der Waals surface area contributed by atoms with Gasteiger partial charge < -0.3 is 0 Å². The Morgan fingerprint density at radius 1 is 1.47 bits per heavy atom. The quantitative estimate of drug-likeness (QED) is 0.875. The minimum absolute atomic E-state index is 0.0526. The zero-order chi connectivity index (χ0) is 14.1. The van der Waals surface area contributed by atoms with E-state index in [1.165, 1.54) is 12.3 Å². The number of nitrogens with one attached hydrogen (secondary N) is 1. The lowest BCUT2D eigenvalue weighted by atomic mass is 10.2. The highest BCUT2D eigenvalue weighted by Gasteiger charge is 2.32. The monoisotopic (exact) mass is 324 g/mol.